The Hall–Kier alpha value is -5.04. The lowest BCUT2D eigenvalue weighted by molar-refractivity contribution is 0.0600. The van der Waals surface area contributed by atoms with Crippen molar-refractivity contribution in [2.45, 2.75) is 0 Å². The molecule has 5 aromatic rings. The highest BCUT2D eigenvalue weighted by molar-refractivity contribution is 5.99. The highest BCUT2D eigenvalue weighted by atomic mass is 16.5. The number of hydrazone groups is 1. The Labute approximate surface area is 207 Å². The number of ether oxygens (including phenoxy) is 1. The van der Waals surface area contributed by atoms with Crippen LogP contribution in [0.15, 0.2) is 108 Å². The number of carbonyl (C=O) groups excluding carboxylic acids is 2. The fourth-order valence-corrected chi connectivity index (χ4v) is 3.94. The van der Waals surface area contributed by atoms with Crippen LogP contribution < -0.4 is 5.43 Å². The fourth-order valence-electron chi connectivity index (χ4n) is 3.94. The number of esters is 1. The van der Waals surface area contributed by atoms with Gasteiger partial charge >= 0.3 is 5.97 Å². The van der Waals surface area contributed by atoms with Crippen molar-refractivity contribution in [3.63, 3.8) is 0 Å². The summed E-state index contributed by atoms with van der Waals surface area (Å²) in [6, 6.07) is 32.3. The molecule has 0 saturated heterocycles. The lowest BCUT2D eigenvalue weighted by Crippen LogP contribution is -2.18. The van der Waals surface area contributed by atoms with Crippen LogP contribution in [-0.2, 0) is 4.74 Å². The van der Waals surface area contributed by atoms with Gasteiger partial charge < -0.3 is 4.74 Å². The van der Waals surface area contributed by atoms with Crippen LogP contribution in [-0.4, -0.2) is 35.0 Å². The summed E-state index contributed by atoms with van der Waals surface area (Å²) in [7, 11) is 1.33. The topological polar surface area (TPSA) is 85.6 Å². The van der Waals surface area contributed by atoms with Crippen LogP contribution in [0.2, 0.25) is 0 Å². The summed E-state index contributed by atoms with van der Waals surface area (Å²) >= 11 is 0. The third-order valence-corrected chi connectivity index (χ3v) is 5.72. The van der Waals surface area contributed by atoms with Gasteiger partial charge in [-0.3, -0.25) is 4.79 Å². The van der Waals surface area contributed by atoms with Crippen LogP contribution in [0.25, 0.3) is 27.7 Å². The Kier molecular flexibility index (Phi) is 6.36. The van der Waals surface area contributed by atoms with Gasteiger partial charge in [0.05, 0.1) is 30.3 Å². The van der Waals surface area contributed by atoms with E-state index in [-0.39, 0.29) is 5.69 Å². The van der Waals surface area contributed by atoms with Crippen LogP contribution in [0.3, 0.4) is 0 Å². The van der Waals surface area contributed by atoms with Crippen LogP contribution in [0.5, 0.6) is 0 Å². The van der Waals surface area contributed by atoms with Gasteiger partial charge in [-0.2, -0.15) is 10.2 Å². The number of nitrogens with zero attached hydrogens (tertiary/aromatic N) is 3. The maximum atomic E-state index is 12.9. The molecule has 0 radical (unpaired) electrons. The van der Waals surface area contributed by atoms with Gasteiger partial charge in [-0.25, -0.2) is 14.9 Å². The van der Waals surface area contributed by atoms with E-state index in [1.807, 2.05) is 54.6 Å². The lowest BCUT2D eigenvalue weighted by Gasteiger charge is -2.10. The molecule has 36 heavy (non-hydrogen) atoms. The van der Waals surface area contributed by atoms with Crippen LogP contribution >= 0.6 is 0 Å². The van der Waals surface area contributed by atoms with Crippen molar-refractivity contribution in [1.82, 2.24) is 15.2 Å². The number of hydrogen-bond acceptors (Lipinski definition) is 5. The van der Waals surface area contributed by atoms with Crippen LogP contribution in [0.1, 0.15) is 26.4 Å². The summed E-state index contributed by atoms with van der Waals surface area (Å²) in [6.07, 6.45) is 1.50. The number of carbonyl (C=O) groups is 2. The van der Waals surface area contributed by atoms with E-state index in [0.717, 1.165) is 27.7 Å². The number of aromatic nitrogens is 2. The molecule has 0 aliphatic carbocycles. The standard InChI is InChI=1S/C29H22N4O3/c1-36-29(35)22-16-14-20(15-17-22)19-30-31-28(34)26-18-27(33(32-26)23-10-3-2-4-11-23)25-13-7-9-21-8-5-6-12-24(21)25/h2-19H,1H3,(H,31,34)/b30-19-. The summed E-state index contributed by atoms with van der Waals surface area (Å²) in [4.78, 5) is 24.5. The number of benzene rings is 4. The van der Waals surface area contributed by atoms with Gasteiger partial charge in [0.25, 0.3) is 5.91 Å². The summed E-state index contributed by atoms with van der Waals surface area (Å²) in [5.41, 5.74) is 6.54. The number of rotatable bonds is 6. The molecule has 0 aliphatic heterocycles. The maximum Gasteiger partial charge on any atom is 0.337 e. The maximum absolute atomic E-state index is 12.9. The van der Waals surface area contributed by atoms with E-state index in [2.05, 4.69) is 33.8 Å². The molecule has 0 aliphatic rings. The molecular formula is C29H22N4O3. The average molecular weight is 475 g/mol. The minimum atomic E-state index is -0.436. The highest BCUT2D eigenvalue weighted by Crippen LogP contribution is 2.31. The molecule has 0 saturated carbocycles. The zero-order valence-electron chi connectivity index (χ0n) is 19.5. The monoisotopic (exact) mass is 474 g/mol. The molecule has 4 aromatic carbocycles. The average Bonchev–Trinajstić information content (AvgIpc) is 3.38. The molecule has 0 bridgehead atoms. The second kappa shape index (κ2) is 10.1. The number of amides is 1. The van der Waals surface area contributed by atoms with Crippen molar-refractivity contribution < 1.29 is 14.3 Å². The normalized spacial score (nSPS) is 11.0. The van der Waals surface area contributed by atoms with Gasteiger partial charge in [-0.15, -0.1) is 0 Å². The Bertz CT molecular complexity index is 1570. The smallest absolute Gasteiger partial charge is 0.337 e. The minimum Gasteiger partial charge on any atom is -0.465 e. The molecule has 7 heteroatoms. The van der Waals surface area contributed by atoms with Gasteiger partial charge in [0.2, 0.25) is 0 Å². The molecule has 1 aromatic heterocycles. The number of nitrogens with one attached hydrogen (secondary N) is 1. The summed E-state index contributed by atoms with van der Waals surface area (Å²) in [6.45, 7) is 0. The van der Waals surface area contributed by atoms with E-state index in [0.29, 0.717) is 11.1 Å². The molecule has 5 rings (SSSR count). The first kappa shape index (κ1) is 22.7. The third-order valence-electron chi connectivity index (χ3n) is 5.72. The summed E-state index contributed by atoms with van der Waals surface area (Å²) in [5, 5.41) is 10.8. The number of para-hydroxylation sites is 1. The molecular weight excluding hydrogens is 452 g/mol. The molecule has 0 fully saturated rings. The SMILES string of the molecule is COC(=O)c1ccc(/C=N\NC(=O)c2cc(-c3cccc4ccccc34)n(-c3ccccc3)n2)cc1. The predicted molar refractivity (Wildman–Crippen MR) is 139 cm³/mol. The van der Waals surface area contributed by atoms with E-state index >= 15 is 0 Å². The van der Waals surface area contributed by atoms with Gasteiger partial charge in [0.15, 0.2) is 5.69 Å². The van der Waals surface area contributed by atoms with Crippen molar-refractivity contribution in [2.24, 2.45) is 5.10 Å². The zero-order valence-corrected chi connectivity index (χ0v) is 19.5. The van der Waals surface area contributed by atoms with Crippen molar-refractivity contribution >= 4 is 28.9 Å². The Morgan fingerprint density at radius 3 is 2.39 bits per heavy atom. The van der Waals surface area contributed by atoms with Gasteiger partial charge in [0.1, 0.15) is 0 Å². The molecule has 1 N–H and O–H groups in total. The van der Waals surface area contributed by atoms with Crippen molar-refractivity contribution in [3.8, 4) is 16.9 Å². The minimum absolute atomic E-state index is 0.236. The third kappa shape index (κ3) is 4.63. The van der Waals surface area contributed by atoms with Crippen molar-refractivity contribution in [3.05, 3.63) is 120 Å². The first-order chi connectivity index (χ1) is 17.6. The van der Waals surface area contributed by atoms with E-state index in [1.165, 1.54) is 13.3 Å². The second-order valence-corrected chi connectivity index (χ2v) is 8.00. The van der Waals surface area contributed by atoms with Crippen LogP contribution in [0, 0.1) is 0 Å². The predicted octanol–water partition coefficient (Wildman–Crippen LogP) is 5.24. The number of fused-ring (bicyclic) bond motifs is 1. The lowest BCUT2D eigenvalue weighted by atomic mass is 10.0. The molecule has 176 valence electrons. The molecule has 0 atom stereocenters. The Morgan fingerprint density at radius 2 is 1.61 bits per heavy atom. The van der Waals surface area contributed by atoms with Gasteiger partial charge in [-0.05, 0) is 46.7 Å². The van der Waals surface area contributed by atoms with Crippen molar-refractivity contribution in [1.29, 1.82) is 0 Å². The molecule has 0 spiro atoms. The summed E-state index contributed by atoms with van der Waals surface area (Å²) in [5.74, 6) is -0.851. The fraction of sp³-hybridized carbons (Fsp3) is 0.0345. The zero-order chi connectivity index (χ0) is 24.9. The largest absolute Gasteiger partial charge is 0.465 e. The van der Waals surface area contributed by atoms with Crippen molar-refractivity contribution in [2.75, 3.05) is 7.11 Å². The van der Waals surface area contributed by atoms with E-state index < -0.39 is 11.9 Å². The molecule has 0 unspecified atom stereocenters. The molecule has 7 nitrogen and oxygen atoms in total. The van der Waals surface area contributed by atoms with E-state index in [1.54, 1.807) is 35.0 Å². The second-order valence-electron chi connectivity index (χ2n) is 8.00. The molecule has 1 heterocycles. The Balaban J connectivity index is 1.45. The Morgan fingerprint density at radius 1 is 0.889 bits per heavy atom. The number of hydrogen-bond donors (Lipinski definition) is 1. The van der Waals surface area contributed by atoms with Gasteiger partial charge in [0, 0.05) is 5.56 Å². The summed E-state index contributed by atoms with van der Waals surface area (Å²) < 4.78 is 6.47. The quantitative estimate of drug-likeness (QED) is 0.207. The highest BCUT2D eigenvalue weighted by Gasteiger charge is 2.18. The molecule has 1 amide bonds. The first-order valence-electron chi connectivity index (χ1n) is 11.3. The van der Waals surface area contributed by atoms with Crippen LogP contribution in [0.4, 0.5) is 0 Å². The van der Waals surface area contributed by atoms with Gasteiger partial charge in [-0.1, -0.05) is 72.8 Å². The number of methoxy groups -OCH3 is 1. The first-order valence-corrected chi connectivity index (χ1v) is 11.3. The van der Waals surface area contributed by atoms with E-state index in [4.69, 9.17) is 4.74 Å². The van der Waals surface area contributed by atoms with E-state index in [9.17, 15) is 9.59 Å².